The SMILES string of the molecule is COc1ccc(Oc2ccc(Cc3cc([C@H]4CC(O)C[C@@H](CO)O4)ccc3C)cc2)nn1. The van der Waals surface area contributed by atoms with Gasteiger partial charge in [-0.25, -0.2) is 0 Å². The Bertz CT molecular complexity index is 1020. The van der Waals surface area contributed by atoms with E-state index < -0.39 is 6.10 Å². The molecule has 1 unspecified atom stereocenters. The summed E-state index contributed by atoms with van der Waals surface area (Å²) in [5, 5.41) is 27.5. The van der Waals surface area contributed by atoms with E-state index in [-0.39, 0.29) is 18.8 Å². The van der Waals surface area contributed by atoms with Gasteiger partial charge in [-0.2, -0.15) is 0 Å². The second-order valence-corrected chi connectivity index (χ2v) is 8.08. The summed E-state index contributed by atoms with van der Waals surface area (Å²) in [7, 11) is 1.54. The number of rotatable bonds is 7. The number of methoxy groups -OCH3 is 1. The Balaban J connectivity index is 1.44. The summed E-state index contributed by atoms with van der Waals surface area (Å²) in [4.78, 5) is 0. The molecular formula is C25H28N2O5. The van der Waals surface area contributed by atoms with E-state index in [0.29, 0.717) is 30.4 Å². The predicted octanol–water partition coefficient (Wildman–Crippen LogP) is 3.75. The monoisotopic (exact) mass is 436 g/mol. The summed E-state index contributed by atoms with van der Waals surface area (Å²) in [6, 6.07) is 17.6. The first kappa shape index (κ1) is 22.2. The molecule has 1 aliphatic heterocycles. The van der Waals surface area contributed by atoms with Gasteiger partial charge in [0.05, 0.1) is 32.0 Å². The van der Waals surface area contributed by atoms with Gasteiger partial charge in [-0.3, -0.25) is 0 Å². The molecule has 2 heterocycles. The molecule has 7 nitrogen and oxygen atoms in total. The molecule has 1 aromatic heterocycles. The van der Waals surface area contributed by atoms with Gasteiger partial charge in [0.15, 0.2) is 0 Å². The first-order valence-corrected chi connectivity index (χ1v) is 10.7. The molecule has 0 spiro atoms. The van der Waals surface area contributed by atoms with Crippen molar-refractivity contribution >= 4 is 0 Å². The summed E-state index contributed by atoms with van der Waals surface area (Å²) in [5.74, 6) is 1.52. The number of hydrogen-bond acceptors (Lipinski definition) is 7. The van der Waals surface area contributed by atoms with Crippen LogP contribution in [0.2, 0.25) is 0 Å². The molecule has 0 aliphatic carbocycles. The smallest absolute Gasteiger partial charge is 0.239 e. The van der Waals surface area contributed by atoms with Gasteiger partial charge in [0.25, 0.3) is 0 Å². The number of ether oxygens (including phenoxy) is 3. The normalized spacial score (nSPS) is 20.7. The number of hydrogen-bond donors (Lipinski definition) is 2. The fourth-order valence-electron chi connectivity index (χ4n) is 3.89. The second kappa shape index (κ2) is 10.1. The maximum absolute atomic E-state index is 10.1. The van der Waals surface area contributed by atoms with Crippen LogP contribution in [0.5, 0.6) is 17.5 Å². The molecule has 0 bridgehead atoms. The molecule has 3 atom stereocenters. The third kappa shape index (κ3) is 5.43. The van der Waals surface area contributed by atoms with Crippen LogP contribution >= 0.6 is 0 Å². The fraction of sp³-hybridized carbons (Fsp3) is 0.360. The van der Waals surface area contributed by atoms with E-state index in [2.05, 4.69) is 29.3 Å². The van der Waals surface area contributed by atoms with Gasteiger partial charge in [0.1, 0.15) is 5.75 Å². The third-order valence-corrected chi connectivity index (χ3v) is 5.69. The molecule has 4 rings (SSSR count). The summed E-state index contributed by atoms with van der Waals surface area (Å²) >= 11 is 0. The molecule has 0 saturated carbocycles. The van der Waals surface area contributed by atoms with Crippen molar-refractivity contribution in [3.8, 4) is 17.5 Å². The molecule has 168 valence electrons. The summed E-state index contributed by atoms with van der Waals surface area (Å²) < 4.78 is 16.7. The first-order chi connectivity index (χ1) is 15.5. The highest BCUT2D eigenvalue weighted by molar-refractivity contribution is 5.38. The zero-order chi connectivity index (χ0) is 22.5. The maximum Gasteiger partial charge on any atom is 0.239 e. The average Bonchev–Trinajstić information content (AvgIpc) is 2.81. The van der Waals surface area contributed by atoms with Crippen LogP contribution in [0.3, 0.4) is 0 Å². The Kier molecular flexibility index (Phi) is 6.99. The quantitative estimate of drug-likeness (QED) is 0.583. The summed E-state index contributed by atoms with van der Waals surface area (Å²) in [5.41, 5.74) is 4.57. The van der Waals surface area contributed by atoms with Crippen LogP contribution in [0.4, 0.5) is 0 Å². The van der Waals surface area contributed by atoms with Gasteiger partial charge >= 0.3 is 0 Å². The van der Waals surface area contributed by atoms with Gasteiger partial charge in [-0.15, -0.1) is 10.2 Å². The molecule has 2 aromatic carbocycles. The van der Waals surface area contributed by atoms with Gasteiger partial charge in [0.2, 0.25) is 11.8 Å². The lowest BCUT2D eigenvalue weighted by molar-refractivity contribution is -0.113. The topological polar surface area (TPSA) is 93.9 Å². The number of nitrogens with zero attached hydrogens (tertiary/aromatic N) is 2. The van der Waals surface area contributed by atoms with E-state index in [1.54, 1.807) is 12.1 Å². The van der Waals surface area contributed by atoms with Crippen molar-refractivity contribution < 1.29 is 24.4 Å². The van der Waals surface area contributed by atoms with Crippen LogP contribution in [0, 0.1) is 6.92 Å². The van der Waals surface area contributed by atoms with Crippen LogP contribution in [-0.4, -0.2) is 46.3 Å². The molecule has 1 saturated heterocycles. The highest BCUT2D eigenvalue weighted by Crippen LogP contribution is 2.33. The highest BCUT2D eigenvalue weighted by Gasteiger charge is 2.29. The Morgan fingerprint density at radius 2 is 1.75 bits per heavy atom. The fourth-order valence-corrected chi connectivity index (χ4v) is 3.89. The number of aromatic nitrogens is 2. The van der Waals surface area contributed by atoms with E-state index in [1.807, 2.05) is 30.3 Å². The van der Waals surface area contributed by atoms with Crippen molar-refractivity contribution in [2.45, 2.75) is 44.5 Å². The predicted molar refractivity (Wildman–Crippen MR) is 119 cm³/mol. The van der Waals surface area contributed by atoms with E-state index in [1.165, 1.54) is 18.2 Å². The molecule has 2 N–H and O–H groups in total. The van der Waals surface area contributed by atoms with Gasteiger partial charge in [0, 0.05) is 25.0 Å². The molecule has 0 radical (unpaired) electrons. The molecule has 1 aliphatic rings. The number of benzene rings is 2. The number of aryl methyl sites for hydroxylation is 1. The maximum atomic E-state index is 10.1. The molecule has 32 heavy (non-hydrogen) atoms. The molecule has 7 heteroatoms. The highest BCUT2D eigenvalue weighted by atomic mass is 16.5. The first-order valence-electron chi connectivity index (χ1n) is 10.7. The van der Waals surface area contributed by atoms with Gasteiger partial charge in [-0.1, -0.05) is 30.3 Å². The molecule has 3 aromatic rings. The van der Waals surface area contributed by atoms with Crippen molar-refractivity contribution in [2.24, 2.45) is 0 Å². The lowest BCUT2D eigenvalue weighted by Crippen LogP contribution is -2.33. The van der Waals surface area contributed by atoms with Gasteiger partial charge < -0.3 is 24.4 Å². The van der Waals surface area contributed by atoms with Crippen LogP contribution in [0.1, 0.15) is 41.2 Å². The van der Waals surface area contributed by atoms with Crippen LogP contribution in [-0.2, 0) is 11.2 Å². The van der Waals surface area contributed by atoms with E-state index in [0.717, 1.165) is 17.5 Å². The summed E-state index contributed by atoms with van der Waals surface area (Å²) in [6.07, 6.45) is 0.786. The van der Waals surface area contributed by atoms with E-state index in [4.69, 9.17) is 14.2 Å². The number of aliphatic hydroxyl groups excluding tert-OH is 2. The van der Waals surface area contributed by atoms with E-state index in [9.17, 15) is 10.2 Å². The van der Waals surface area contributed by atoms with Crippen LogP contribution in [0.15, 0.2) is 54.6 Å². The Morgan fingerprint density at radius 3 is 2.44 bits per heavy atom. The standard InChI is InChI=1S/C25H28N2O5/c1-16-3-6-18(23-14-20(29)13-22(15-28)31-23)12-19(16)11-17-4-7-21(8-5-17)32-25-10-9-24(30-2)26-27-25/h3-10,12,20,22-23,28-29H,11,13-15H2,1-2H3/t20?,22-,23+/m0/s1. The van der Waals surface area contributed by atoms with Crippen molar-refractivity contribution in [1.29, 1.82) is 0 Å². The van der Waals surface area contributed by atoms with Crippen molar-refractivity contribution in [3.63, 3.8) is 0 Å². The third-order valence-electron chi connectivity index (χ3n) is 5.69. The lowest BCUT2D eigenvalue weighted by atomic mass is 9.92. The molecule has 0 amide bonds. The zero-order valence-corrected chi connectivity index (χ0v) is 18.3. The molecular weight excluding hydrogens is 408 g/mol. The van der Waals surface area contributed by atoms with Crippen molar-refractivity contribution in [2.75, 3.05) is 13.7 Å². The van der Waals surface area contributed by atoms with Crippen LogP contribution < -0.4 is 9.47 Å². The van der Waals surface area contributed by atoms with E-state index >= 15 is 0 Å². The minimum atomic E-state index is -0.460. The largest absolute Gasteiger partial charge is 0.480 e. The van der Waals surface area contributed by atoms with Crippen LogP contribution in [0.25, 0.3) is 0 Å². The Labute approximate surface area is 187 Å². The average molecular weight is 437 g/mol. The van der Waals surface area contributed by atoms with Crippen molar-refractivity contribution in [1.82, 2.24) is 10.2 Å². The van der Waals surface area contributed by atoms with Gasteiger partial charge in [-0.05, 0) is 47.7 Å². The Hall–Kier alpha value is -3.00. The minimum Gasteiger partial charge on any atom is -0.480 e. The Morgan fingerprint density at radius 1 is 1.00 bits per heavy atom. The van der Waals surface area contributed by atoms with Crippen molar-refractivity contribution in [3.05, 3.63) is 76.9 Å². The zero-order valence-electron chi connectivity index (χ0n) is 18.3. The minimum absolute atomic E-state index is 0.0805. The lowest BCUT2D eigenvalue weighted by Gasteiger charge is -2.32. The summed E-state index contributed by atoms with van der Waals surface area (Å²) in [6.45, 7) is 2.01. The number of aliphatic hydroxyl groups is 2. The molecule has 1 fully saturated rings. The second-order valence-electron chi connectivity index (χ2n) is 8.08.